The molecule has 1 aromatic heterocycles. The van der Waals surface area contributed by atoms with E-state index in [9.17, 15) is 4.79 Å². The molecule has 5 nitrogen and oxygen atoms in total. The Hall–Kier alpha value is -2.27. The van der Waals surface area contributed by atoms with Crippen molar-refractivity contribution in [2.45, 2.75) is 62.1 Å². The molecule has 3 heterocycles. The lowest BCUT2D eigenvalue weighted by molar-refractivity contribution is -0.124. The first kappa shape index (κ1) is 17.8. The average Bonchev–Trinajstić information content (AvgIpc) is 3.45. The molecule has 2 aromatic rings. The van der Waals surface area contributed by atoms with Crippen LogP contribution in [0.1, 0.15) is 44.1 Å². The quantitative estimate of drug-likeness (QED) is 0.827. The van der Waals surface area contributed by atoms with Crippen LogP contribution in [0.25, 0.3) is 0 Å². The summed E-state index contributed by atoms with van der Waals surface area (Å²) in [6, 6.07) is 12.8. The molecular weight excluding hydrogens is 372 g/mol. The summed E-state index contributed by atoms with van der Waals surface area (Å²) in [5.41, 5.74) is 7.21. The Morgan fingerprint density at radius 1 is 1.11 bits per heavy atom. The first-order chi connectivity index (χ1) is 13.5. The number of carbonyl (C=O) groups is 1. The molecule has 2 saturated heterocycles. The highest BCUT2D eigenvalue weighted by Gasteiger charge is 2.52. The Kier molecular flexibility index (Phi) is 4.23. The summed E-state index contributed by atoms with van der Waals surface area (Å²) in [6.45, 7) is 0. The highest BCUT2D eigenvalue weighted by molar-refractivity contribution is 6.30. The molecule has 2 atom stereocenters. The van der Waals surface area contributed by atoms with E-state index in [4.69, 9.17) is 17.3 Å². The third-order valence-corrected chi connectivity index (χ3v) is 6.94. The van der Waals surface area contributed by atoms with Crippen LogP contribution in [0.15, 0.2) is 42.6 Å². The highest BCUT2D eigenvalue weighted by atomic mass is 35.5. The van der Waals surface area contributed by atoms with Crippen LogP contribution in [0, 0.1) is 0 Å². The summed E-state index contributed by atoms with van der Waals surface area (Å²) in [5.74, 6) is 1.18. The number of nitrogens with two attached hydrogens (primary N) is 1. The van der Waals surface area contributed by atoms with Gasteiger partial charge in [-0.1, -0.05) is 23.7 Å². The molecule has 1 saturated carbocycles. The van der Waals surface area contributed by atoms with Gasteiger partial charge in [0.25, 0.3) is 0 Å². The van der Waals surface area contributed by atoms with Crippen LogP contribution >= 0.6 is 11.6 Å². The number of hydrogen-bond acceptors (Lipinski definition) is 4. The number of nitrogen functional groups attached to an aromatic ring is 1. The van der Waals surface area contributed by atoms with Crippen molar-refractivity contribution in [1.29, 1.82) is 0 Å². The van der Waals surface area contributed by atoms with Crippen LogP contribution in [0.2, 0.25) is 5.02 Å². The lowest BCUT2D eigenvalue weighted by Gasteiger charge is -2.40. The van der Waals surface area contributed by atoms with Crippen LogP contribution in [0.4, 0.5) is 11.5 Å². The third-order valence-electron chi connectivity index (χ3n) is 6.69. The average molecular weight is 397 g/mol. The first-order valence-corrected chi connectivity index (χ1v) is 10.5. The van der Waals surface area contributed by atoms with Crippen molar-refractivity contribution in [2.75, 3.05) is 10.6 Å². The first-order valence-electron chi connectivity index (χ1n) is 10.1. The molecule has 6 heteroatoms. The second-order valence-electron chi connectivity index (χ2n) is 8.47. The van der Waals surface area contributed by atoms with Crippen molar-refractivity contribution < 1.29 is 4.79 Å². The molecule has 2 bridgehead atoms. The number of fused-ring (bicyclic) bond motifs is 2. The van der Waals surface area contributed by atoms with E-state index in [1.807, 2.05) is 36.4 Å². The highest BCUT2D eigenvalue weighted by Crippen LogP contribution is 2.49. The van der Waals surface area contributed by atoms with Crippen molar-refractivity contribution in [2.24, 2.45) is 0 Å². The maximum Gasteiger partial charge on any atom is 0.230 e. The number of hydrogen-bond donors (Lipinski definition) is 2. The number of amides is 1. The molecule has 1 amide bonds. The summed E-state index contributed by atoms with van der Waals surface area (Å²) in [6.07, 6.45) is 7.83. The summed E-state index contributed by atoms with van der Waals surface area (Å²) in [7, 11) is 0. The van der Waals surface area contributed by atoms with Crippen LogP contribution in [-0.4, -0.2) is 29.0 Å². The molecule has 1 aromatic carbocycles. The van der Waals surface area contributed by atoms with E-state index in [-0.39, 0.29) is 17.4 Å². The van der Waals surface area contributed by atoms with E-state index in [1.165, 1.54) is 0 Å². The van der Waals surface area contributed by atoms with Crippen molar-refractivity contribution >= 4 is 29.0 Å². The minimum absolute atomic E-state index is 0.179. The molecule has 2 aliphatic heterocycles. The molecule has 0 spiro atoms. The number of rotatable bonds is 4. The molecule has 1 aliphatic carbocycles. The van der Waals surface area contributed by atoms with Gasteiger partial charge in [-0.25, -0.2) is 4.98 Å². The topological polar surface area (TPSA) is 71.2 Å². The number of halogens is 1. The van der Waals surface area contributed by atoms with Crippen molar-refractivity contribution in [1.82, 2.24) is 10.3 Å². The SMILES string of the molecule is Nc1ccc(N2C3CCC2CC(NC(=O)C2(c4ccc(Cl)cc4)CC2)C3)nc1. The zero-order chi connectivity index (χ0) is 19.3. The Morgan fingerprint density at radius 2 is 1.79 bits per heavy atom. The lowest BCUT2D eigenvalue weighted by Crippen LogP contribution is -2.52. The standard InChI is InChI=1S/C22H25ClN4O/c23-15-3-1-14(2-4-15)22(9-10-22)21(28)26-17-11-18-6-7-19(12-17)27(18)20-8-5-16(24)13-25-20/h1-5,8,13,17-19H,6-7,9-12,24H2,(H,26,28). The van der Waals surface area contributed by atoms with E-state index in [2.05, 4.69) is 15.2 Å². The second kappa shape index (κ2) is 6.66. The fourth-order valence-corrected chi connectivity index (χ4v) is 5.21. The zero-order valence-corrected chi connectivity index (χ0v) is 16.5. The number of nitrogens with one attached hydrogen (secondary N) is 1. The number of nitrogens with zero attached hydrogens (tertiary/aromatic N) is 2. The van der Waals surface area contributed by atoms with Gasteiger partial charge in [-0.3, -0.25) is 4.79 Å². The number of piperidine rings is 1. The van der Waals surface area contributed by atoms with Crippen LogP contribution in [-0.2, 0) is 10.2 Å². The fourth-order valence-electron chi connectivity index (χ4n) is 5.08. The van der Waals surface area contributed by atoms with Crippen LogP contribution in [0.5, 0.6) is 0 Å². The Balaban J connectivity index is 1.27. The van der Waals surface area contributed by atoms with Gasteiger partial charge < -0.3 is 16.0 Å². The van der Waals surface area contributed by atoms with Crippen LogP contribution < -0.4 is 16.0 Å². The van der Waals surface area contributed by atoms with Crippen molar-refractivity contribution in [3.05, 3.63) is 53.2 Å². The van der Waals surface area contributed by atoms with Gasteiger partial charge in [0.1, 0.15) is 5.82 Å². The van der Waals surface area contributed by atoms with Gasteiger partial charge in [-0.2, -0.15) is 0 Å². The van der Waals surface area contributed by atoms with Crippen molar-refractivity contribution in [3.63, 3.8) is 0 Å². The Morgan fingerprint density at radius 3 is 2.36 bits per heavy atom. The maximum atomic E-state index is 13.1. The summed E-state index contributed by atoms with van der Waals surface area (Å²) < 4.78 is 0. The second-order valence-corrected chi connectivity index (χ2v) is 8.91. The minimum Gasteiger partial charge on any atom is -0.397 e. The molecule has 28 heavy (non-hydrogen) atoms. The summed E-state index contributed by atoms with van der Waals surface area (Å²) >= 11 is 6.01. The third kappa shape index (κ3) is 3.02. The zero-order valence-electron chi connectivity index (χ0n) is 15.8. The van der Waals surface area contributed by atoms with E-state index < -0.39 is 0 Å². The number of carbonyl (C=O) groups excluding carboxylic acids is 1. The monoisotopic (exact) mass is 396 g/mol. The smallest absolute Gasteiger partial charge is 0.230 e. The number of pyridine rings is 1. The molecular formula is C22H25ClN4O. The maximum absolute atomic E-state index is 13.1. The molecule has 0 radical (unpaired) electrons. The van der Waals surface area contributed by atoms with Gasteiger partial charge in [-0.15, -0.1) is 0 Å². The lowest BCUT2D eigenvalue weighted by atomic mass is 9.92. The summed E-state index contributed by atoms with van der Waals surface area (Å²) in [5, 5.41) is 4.09. The number of aromatic nitrogens is 1. The van der Waals surface area contributed by atoms with Gasteiger partial charge in [0, 0.05) is 23.1 Å². The van der Waals surface area contributed by atoms with Gasteiger partial charge in [0.05, 0.1) is 17.3 Å². The normalized spacial score (nSPS) is 27.5. The van der Waals surface area contributed by atoms with Gasteiger partial charge in [-0.05, 0) is 68.4 Å². The largest absolute Gasteiger partial charge is 0.397 e. The predicted molar refractivity (Wildman–Crippen MR) is 111 cm³/mol. The minimum atomic E-state index is -0.348. The van der Waals surface area contributed by atoms with Gasteiger partial charge in [0.2, 0.25) is 5.91 Å². The Labute approximate surface area is 170 Å². The molecule has 2 unspecified atom stereocenters. The van der Waals surface area contributed by atoms with Crippen molar-refractivity contribution in [3.8, 4) is 0 Å². The Bertz CT molecular complexity index is 864. The van der Waals surface area contributed by atoms with E-state index >= 15 is 0 Å². The summed E-state index contributed by atoms with van der Waals surface area (Å²) in [4.78, 5) is 20.1. The van der Waals surface area contributed by atoms with Gasteiger partial charge in [0.15, 0.2) is 0 Å². The van der Waals surface area contributed by atoms with E-state index in [0.29, 0.717) is 22.8 Å². The van der Waals surface area contributed by atoms with E-state index in [0.717, 1.165) is 49.9 Å². The molecule has 146 valence electrons. The molecule has 3 N–H and O–H groups in total. The predicted octanol–water partition coefficient (Wildman–Crippen LogP) is 3.67. The molecule has 5 rings (SSSR count). The molecule has 3 aliphatic rings. The molecule has 3 fully saturated rings. The number of anilines is 2. The van der Waals surface area contributed by atoms with Crippen LogP contribution in [0.3, 0.4) is 0 Å². The fraction of sp³-hybridized carbons (Fsp3) is 0.455. The number of benzene rings is 1. The van der Waals surface area contributed by atoms with Gasteiger partial charge >= 0.3 is 0 Å². The van der Waals surface area contributed by atoms with E-state index in [1.54, 1.807) is 6.20 Å².